The molecule has 1 amide bonds. The van der Waals surface area contributed by atoms with E-state index in [1.165, 1.54) is 12.3 Å². The monoisotopic (exact) mass is 524 g/mol. The predicted octanol–water partition coefficient (Wildman–Crippen LogP) is 6.18. The molecule has 0 aliphatic carbocycles. The highest BCUT2D eigenvalue weighted by Gasteiger charge is 2.35. The molecule has 0 aliphatic rings. The van der Waals surface area contributed by atoms with Crippen LogP contribution in [-0.4, -0.2) is 30.3 Å². The number of amides is 1. The molecule has 37 heavy (non-hydrogen) atoms. The summed E-state index contributed by atoms with van der Waals surface area (Å²) in [6.45, 7) is 4.21. The molecule has 3 aromatic heterocycles. The molecule has 3 heterocycles. The largest absolute Gasteiger partial charge is 0.433 e. The lowest BCUT2D eigenvalue weighted by molar-refractivity contribution is -0.142. The van der Waals surface area contributed by atoms with Crippen molar-refractivity contribution in [3.8, 4) is 11.3 Å². The number of halogens is 4. The Bertz CT molecular complexity index is 1640. The van der Waals surface area contributed by atoms with Crippen molar-refractivity contribution in [2.24, 2.45) is 0 Å². The Balaban J connectivity index is 1.43. The molecule has 0 aliphatic heterocycles. The molecule has 5 aromatic rings. The number of fused-ring (bicyclic) bond motifs is 1. The van der Waals surface area contributed by atoms with Crippen LogP contribution in [0.3, 0.4) is 0 Å². The minimum absolute atomic E-state index is 0.0927. The van der Waals surface area contributed by atoms with Crippen LogP contribution in [0.5, 0.6) is 0 Å². The summed E-state index contributed by atoms with van der Waals surface area (Å²) in [5, 5.41) is 11.3. The molecule has 0 radical (unpaired) electrons. The number of carbonyl (C=O) groups excluding carboxylic acids is 1. The van der Waals surface area contributed by atoms with Crippen molar-refractivity contribution in [3.63, 3.8) is 0 Å². The Morgan fingerprint density at radius 2 is 1.86 bits per heavy atom. The first-order valence-electron chi connectivity index (χ1n) is 11.2. The fourth-order valence-corrected chi connectivity index (χ4v) is 4.08. The number of alkyl halides is 3. The van der Waals surface area contributed by atoms with Gasteiger partial charge in [0.25, 0.3) is 5.91 Å². The van der Waals surface area contributed by atoms with Crippen LogP contribution >= 0.6 is 11.6 Å². The molecular weight excluding hydrogens is 505 g/mol. The zero-order valence-electron chi connectivity index (χ0n) is 19.7. The second-order valence-corrected chi connectivity index (χ2v) is 9.07. The number of rotatable bonds is 5. The first-order valence-corrected chi connectivity index (χ1v) is 11.6. The molecule has 0 spiro atoms. The maximum atomic E-state index is 13.9. The summed E-state index contributed by atoms with van der Waals surface area (Å²) in [5.74, 6) is -0.686. The second-order valence-electron chi connectivity index (χ2n) is 8.63. The van der Waals surface area contributed by atoms with E-state index in [0.29, 0.717) is 27.3 Å². The van der Waals surface area contributed by atoms with Crippen molar-refractivity contribution in [2.75, 3.05) is 5.32 Å². The van der Waals surface area contributed by atoms with Gasteiger partial charge in [-0.25, -0.2) is 9.50 Å². The Morgan fingerprint density at radius 3 is 2.59 bits per heavy atom. The highest BCUT2D eigenvalue weighted by molar-refractivity contribution is 6.30. The molecule has 0 saturated heterocycles. The lowest BCUT2D eigenvalue weighted by atomic mass is 10.0. The maximum Gasteiger partial charge on any atom is 0.433 e. The minimum Gasteiger partial charge on any atom is -0.318 e. The predicted molar refractivity (Wildman–Crippen MR) is 134 cm³/mol. The van der Waals surface area contributed by atoms with E-state index in [-0.39, 0.29) is 17.0 Å². The Hall–Kier alpha value is -4.18. The van der Waals surface area contributed by atoms with Crippen LogP contribution in [0.2, 0.25) is 5.02 Å². The maximum absolute atomic E-state index is 13.9. The van der Waals surface area contributed by atoms with Crippen molar-refractivity contribution in [3.05, 3.63) is 100 Å². The third kappa shape index (κ3) is 5.19. The number of aryl methyl sites for hydroxylation is 2. The molecule has 0 fully saturated rings. The van der Waals surface area contributed by atoms with Crippen LogP contribution in [-0.2, 0) is 12.7 Å². The van der Waals surface area contributed by atoms with Crippen LogP contribution in [0.25, 0.3) is 16.9 Å². The smallest absolute Gasteiger partial charge is 0.318 e. The summed E-state index contributed by atoms with van der Waals surface area (Å²) >= 11 is 6.01. The molecule has 7 nitrogen and oxygen atoms in total. The first kappa shape index (κ1) is 24.5. The number of hydrogen-bond acceptors (Lipinski definition) is 4. The molecule has 0 unspecified atom stereocenters. The molecule has 1 N–H and O–H groups in total. The third-order valence-electron chi connectivity index (χ3n) is 5.88. The van der Waals surface area contributed by atoms with Gasteiger partial charge in [0.2, 0.25) is 0 Å². The van der Waals surface area contributed by atoms with Gasteiger partial charge in [0, 0.05) is 22.8 Å². The van der Waals surface area contributed by atoms with Gasteiger partial charge in [-0.3, -0.25) is 9.48 Å². The van der Waals surface area contributed by atoms with Gasteiger partial charge < -0.3 is 5.32 Å². The number of carbonyl (C=O) groups is 1. The summed E-state index contributed by atoms with van der Waals surface area (Å²) in [6, 6.07) is 14.8. The summed E-state index contributed by atoms with van der Waals surface area (Å²) < 4.78 is 44.0. The Labute approximate surface area is 214 Å². The quantitative estimate of drug-likeness (QED) is 0.298. The molecule has 2 aromatic carbocycles. The fourth-order valence-electron chi connectivity index (χ4n) is 3.87. The summed E-state index contributed by atoms with van der Waals surface area (Å²) in [7, 11) is 0. The van der Waals surface area contributed by atoms with E-state index in [1.807, 2.05) is 32.0 Å². The van der Waals surface area contributed by atoms with E-state index in [1.54, 1.807) is 35.1 Å². The van der Waals surface area contributed by atoms with Crippen LogP contribution in [0.1, 0.15) is 32.9 Å². The van der Waals surface area contributed by atoms with Gasteiger partial charge in [0.15, 0.2) is 17.0 Å². The average molecular weight is 525 g/mol. The number of hydrogen-bond donors (Lipinski definition) is 1. The summed E-state index contributed by atoms with van der Waals surface area (Å²) in [6.07, 6.45) is -1.67. The van der Waals surface area contributed by atoms with Gasteiger partial charge in [0.05, 0.1) is 24.1 Å². The van der Waals surface area contributed by atoms with E-state index in [9.17, 15) is 18.0 Å². The Kier molecular flexibility index (Phi) is 6.20. The molecule has 188 valence electrons. The van der Waals surface area contributed by atoms with Crippen LogP contribution in [0.15, 0.2) is 67.0 Å². The third-order valence-corrected chi connectivity index (χ3v) is 6.11. The Morgan fingerprint density at radius 1 is 1.05 bits per heavy atom. The number of anilines is 1. The van der Waals surface area contributed by atoms with Gasteiger partial charge in [-0.15, -0.1) is 0 Å². The summed E-state index contributed by atoms with van der Waals surface area (Å²) in [4.78, 5) is 17.2. The summed E-state index contributed by atoms with van der Waals surface area (Å²) in [5.41, 5.74) is 2.56. The zero-order chi connectivity index (χ0) is 26.3. The van der Waals surface area contributed by atoms with Crippen molar-refractivity contribution in [2.45, 2.75) is 26.6 Å². The van der Waals surface area contributed by atoms with Crippen LogP contribution in [0, 0.1) is 13.8 Å². The van der Waals surface area contributed by atoms with Crippen molar-refractivity contribution in [1.29, 1.82) is 0 Å². The standard InChI is InChI=1S/C26H20ClF3N6O/c1-15-6-7-18(8-16(15)2)21-10-23(26(28,29)30)36-24(33-21)11-22(34-36)25(37)32-20-12-31-35(14-20)13-17-4-3-5-19(27)9-17/h3-12,14H,13H2,1-2H3,(H,32,37). The van der Waals surface area contributed by atoms with Crippen molar-refractivity contribution in [1.82, 2.24) is 24.4 Å². The number of nitrogens with one attached hydrogen (secondary N) is 1. The number of nitrogens with zero attached hydrogens (tertiary/aromatic N) is 5. The van der Waals surface area contributed by atoms with Crippen molar-refractivity contribution >= 4 is 28.8 Å². The fraction of sp³-hybridized carbons (Fsp3) is 0.154. The number of aromatic nitrogens is 5. The first-order chi connectivity index (χ1) is 17.6. The van der Waals surface area contributed by atoms with Gasteiger partial charge in [0.1, 0.15) is 0 Å². The SMILES string of the molecule is Cc1ccc(-c2cc(C(F)(F)F)n3nc(C(=O)Nc4cnn(Cc5cccc(Cl)c5)c4)cc3n2)cc1C. The van der Waals surface area contributed by atoms with E-state index in [4.69, 9.17) is 11.6 Å². The second kappa shape index (κ2) is 9.36. The number of benzene rings is 2. The molecule has 0 bridgehead atoms. The molecule has 11 heteroatoms. The molecule has 5 rings (SSSR count). The lowest BCUT2D eigenvalue weighted by Gasteiger charge is -2.11. The molecule has 0 atom stereocenters. The van der Waals surface area contributed by atoms with Gasteiger partial charge in [-0.2, -0.15) is 23.4 Å². The zero-order valence-corrected chi connectivity index (χ0v) is 20.5. The molecular formula is C26H20ClF3N6O. The van der Waals surface area contributed by atoms with E-state index < -0.39 is 17.8 Å². The van der Waals surface area contributed by atoms with Crippen LogP contribution in [0.4, 0.5) is 18.9 Å². The highest BCUT2D eigenvalue weighted by atomic mass is 35.5. The van der Waals surface area contributed by atoms with Gasteiger partial charge in [-0.1, -0.05) is 35.9 Å². The highest BCUT2D eigenvalue weighted by Crippen LogP contribution is 2.33. The molecule has 0 saturated carbocycles. The van der Waals surface area contributed by atoms with Gasteiger partial charge in [-0.05, 0) is 54.8 Å². The van der Waals surface area contributed by atoms with E-state index >= 15 is 0 Å². The average Bonchev–Trinajstić information content (AvgIpc) is 3.46. The normalized spacial score (nSPS) is 11.7. The minimum atomic E-state index is -4.71. The van der Waals surface area contributed by atoms with E-state index in [0.717, 1.165) is 22.8 Å². The van der Waals surface area contributed by atoms with Crippen molar-refractivity contribution < 1.29 is 18.0 Å². The van der Waals surface area contributed by atoms with Crippen LogP contribution < -0.4 is 5.32 Å². The van der Waals surface area contributed by atoms with E-state index in [2.05, 4.69) is 20.5 Å². The van der Waals surface area contributed by atoms with Gasteiger partial charge >= 0.3 is 6.18 Å². The lowest BCUT2D eigenvalue weighted by Crippen LogP contribution is -2.15. The topological polar surface area (TPSA) is 77.1 Å².